The maximum atomic E-state index is 12.0. The second kappa shape index (κ2) is 5.41. The van der Waals surface area contributed by atoms with Crippen molar-refractivity contribution in [2.45, 2.75) is 50.1 Å². The Hall–Kier alpha value is -0.220. The number of ether oxygens (including phenoxy) is 1. The lowest BCUT2D eigenvalue weighted by atomic mass is 9.94. The van der Waals surface area contributed by atoms with Crippen molar-refractivity contribution in [3.05, 3.63) is 0 Å². The van der Waals surface area contributed by atoms with Crippen LogP contribution in [0.25, 0.3) is 0 Å². The van der Waals surface area contributed by atoms with Crippen molar-refractivity contribution in [1.29, 1.82) is 0 Å². The van der Waals surface area contributed by atoms with Crippen LogP contribution in [0, 0.1) is 0 Å². The molecule has 1 heterocycles. The summed E-state index contributed by atoms with van der Waals surface area (Å²) in [4.78, 5) is 12.0. The van der Waals surface area contributed by atoms with Gasteiger partial charge in [0.1, 0.15) is 5.54 Å². The highest BCUT2D eigenvalue weighted by atomic mass is 32.2. The molecule has 1 saturated carbocycles. The van der Waals surface area contributed by atoms with Crippen molar-refractivity contribution in [1.82, 2.24) is 5.32 Å². The summed E-state index contributed by atoms with van der Waals surface area (Å²) in [7, 11) is 1.50. The minimum absolute atomic E-state index is 0.0633. The lowest BCUT2D eigenvalue weighted by molar-refractivity contribution is -0.148. The molecule has 92 valence electrons. The van der Waals surface area contributed by atoms with Gasteiger partial charge >= 0.3 is 5.97 Å². The van der Waals surface area contributed by atoms with Crippen molar-refractivity contribution >= 4 is 17.7 Å². The Bertz CT molecular complexity index is 245. The molecule has 0 aromatic carbocycles. The van der Waals surface area contributed by atoms with Gasteiger partial charge in [0.05, 0.1) is 7.11 Å². The third-order valence-electron chi connectivity index (χ3n) is 3.65. The third-order valence-corrected chi connectivity index (χ3v) is 4.93. The highest BCUT2D eigenvalue weighted by Gasteiger charge is 2.42. The van der Waals surface area contributed by atoms with Crippen LogP contribution >= 0.6 is 11.8 Å². The Morgan fingerprint density at radius 2 is 2.12 bits per heavy atom. The number of carbonyl (C=O) groups excluding carboxylic acids is 1. The van der Waals surface area contributed by atoms with Gasteiger partial charge in [0.2, 0.25) is 0 Å². The number of hydrogen-bond acceptors (Lipinski definition) is 4. The molecule has 3 nitrogen and oxygen atoms in total. The molecule has 2 rings (SSSR count). The van der Waals surface area contributed by atoms with Crippen LogP contribution < -0.4 is 5.32 Å². The third kappa shape index (κ3) is 2.54. The van der Waals surface area contributed by atoms with Gasteiger partial charge in [0.15, 0.2) is 0 Å². The van der Waals surface area contributed by atoms with E-state index in [9.17, 15) is 4.79 Å². The van der Waals surface area contributed by atoms with E-state index in [4.69, 9.17) is 4.74 Å². The van der Waals surface area contributed by atoms with E-state index in [2.05, 4.69) is 5.32 Å². The number of carbonyl (C=O) groups is 1. The summed E-state index contributed by atoms with van der Waals surface area (Å²) in [6.07, 6.45) is 7.06. The summed E-state index contributed by atoms with van der Waals surface area (Å²) in [5.74, 6) is 1.98. The quantitative estimate of drug-likeness (QED) is 0.769. The van der Waals surface area contributed by atoms with Crippen LogP contribution in [0.5, 0.6) is 0 Å². The van der Waals surface area contributed by atoms with Crippen molar-refractivity contribution < 1.29 is 9.53 Å². The second-order valence-corrected chi connectivity index (χ2v) is 5.96. The lowest BCUT2D eigenvalue weighted by Crippen LogP contribution is -2.59. The first-order valence-corrected chi connectivity index (χ1v) is 7.36. The molecule has 1 atom stereocenters. The van der Waals surface area contributed by atoms with Gasteiger partial charge in [-0.1, -0.05) is 12.8 Å². The average Bonchev–Trinajstić information content (AvgIpc) is 2.82. The minimum Gasteiger partial charge on any atom is -0.468 e. The van der Waals surface area contributed by atoms with Crippen molar-refractivity contribution in [2.24, 2.45) is 0 Å². The van der Waals surface area contributed by atoms with Gasteiger partial charge < -0.3 is 4.74 Å². The van der Waals surface area contributed by atoms with E-state index in [0.717, 1.165) is 18.6 Å². The van der Waals surface area contributed by atoms with E-state index in [1.165, 1.54) is 38.5 Å². The van der Waals surface area contributed by atoms with Gasteiger partial charge in [-0.2, -0.15) is 11.8 Å². The molecule has 0 aromatic rings. The van der Waals surface area contributed by atoms with E-state index in [-0.39, 0.29) is 5.97 Å². The van der Waals surface area contributed by atoms with E-state index in [1.807, 2.05) is 11.8 Å². The molecule has 2 aliphatic rings. The Balaban J connectivity index is 2.03. The zero-order valence-electron chi connectivity index (χ0n) is 9.96. The predicted octanol–water partition coefficient (Wildman–Crippen LogP) is 1.96. The fraction of sp³-hybridized carbons (Fsp3) is 0.917. The maximum absolute atomic E-state index is 12.0. The van der Waals surface area contributed by atoms with E-state index >= 15 is 0 Å². The molecule has 1 saturated heterocycles. The Morgan fingerprint density at radius 3 is 2.69 bits per heavy atom. The highest BCUT2D eigenvalue weighted by molar-refractivity contribution is 7.99. The average molecular weight is 243 g/mol. The SMILES string of the molecule is COC(=O)C1(NC2CCCC2)CCCSC1. The van der Waals surface area contributed by atoms with Crippen molar-refractivity contribution in [3.63, 3.8) is 0 Å². The molecule has 0 radical (unpaired) electrons. The molecule has 0 amide bonds. The normalized spacial score (nSPS) is 31.6. The molecule has 1 aliphatic heterocycles. The predicted molar refractivity (Wildman–Crippen MR) is 66.7 cm³/mol. The van der Waals surface area contributed by atoms with Gasteiger partial charge in [-0.15, -0.1) is 0 Å². The molecule has 16 heavy (non-hydrogen) atoms. The number of rotatable bonds is 3. The van der Waals surface area contributed by atoms with E-state index in [1.54, 1.807) is 0 Å². The second-order valence-electron chi connectivity index (χ2n) is 4.86. The standard InChI is InChI=1S/C12H21NO2S/c1-15-11(14)12(7-4-8-16-9-12)13-10-5-2-3-6-10/h10,13H,2-9H2,1H3. The molecule has 1 N–H and O–H groups in total. The van der Waals surface area contributed by atoms with Crippen LogP contribution in [0.3, 0.4) is 0 Å². The van der Waals surface area contributed by atoms with Crippen molar-refractivity contribution in [2.75, 3.05) is 18.6 Å². The molecule has 1 aliphatic carbocycles. The summed E-state index contributed by atoms with van der Waals surface area (Å²) in [6, 6.07) is 0.526. The largest absolute Gasteiger partial charge is 0.468 e. The Labute approximate surface area is 102 Å². The van der Waals surface area contributed by atoms with E-state index < -0.39 is 5.54 Å². The van der Waals surface area contributed by atoms with Gasteiger partial charge in [-0.25, -0.2) is 0 Å². The van der Waals surface area contributed by atoms with Crippen LogP contribution in [-0.4, -0.2) is 36.2 Å². The molecule has 1 unspecified atom stereocenters. The number of thioether (sulfide) groups is 1. The maximum Gasteiger partial charge on any atom is 0.326 e. The summed E-state index contributed by atoms with van der Waals surface area (Å²) in [6.45, 7) is 0. The minimum atomic E-state index is -0.396. The van der Waals surface area contributed by atoms with Crippen molar-refractivity contribution in [3.8, 4) is 0 Å². The topological polar surface area (TPSA) is 38.3 Å². The highest BCUT2D eigenvalue weighted by Crippen LogP contribution is 2.30. The Morgan fingerprint density at radius 1 is 1.38 bits per heavy atom. The first-order valence-electron chi connectivity index (χ1n) is 6.21. The number of methoxy groups -OCH3 is 1. The monoisotopic (exact) mass is 243 g/mol. The smallest absolute Gasteiger partial charge is 0.326 e. The van der Waals surface area contributed by atoms with E-state index in [0.29, 0.717) is 6.04 Å². The van der Waals surface area contributed by atoms with Crippen LogP contribution in [0.4, 0.5) is 0 Å². The molecule has 0 bridgehead atoms. The number of hydrogen-bond donors (Lipinski definition) is 1. The summed E-state index contributed by atoms with van der Waals surface area (Å²) >= 11 is 1.87. The number of esters is 1. The first-order chi connectivity index (χ1) is 7.77. The molecule has 2 fully saturated rings. The first kappa shape index (κ1) is 12.2. The molecule has 0 aromatic heterocycles. The van der Waals surface area contributed by atoms with Crippen LogP contribution in [0.15, 0.2) is 0 Å². The molecular formula is C12H21NO2S. The van der Waals surface area contributed by atoms with Crippen LogP contribution in [-0.2, 0) is 9.53 Å². The number of nitrogens with one attached hydrogen (secondary N) is 1. The zero-order chi connectivity index (χ0) is 11.4. The summed E-state index contributed by atoms with van der Waals surface area (Å²) in [5.41, 5.74) is -0.396. The van der Waals surface area contributed by atoms with Crippen LogP contribution in [0.2, 0.25) is 0 Å². The molecule has 4 heteroatoms. The van der Waals surface area contributed by atoms with Gasteiger partial charge in [-0.3, -0.25) is 10.1 Å². The zero-order valence-corrected chi connectivity index (χ0v) is 10.8. The summed E-state index contributed by atoms with van der Waals surface area (Å²) < 4.78 is 4.99. The Kier molecular flexibility index (Phi) is 4.14. The van der Waals surface area contributed by atoms with Crippen LogP contribution in [0.1, 0.15) is 38.5 Å². The van der Waals surface area contributed by atoms with Gasteiger partial charge in [-0.05, 0) is 31.4 Å². The van der Waals surface area contributed by atoms with Gasteiger partial charge in [0.25, 0.3) is 0 Å². The molecule has 0 spiro atoms. The molecular weight excluding hydrogens is 222 g/mol. The summed E-state index contributed by atoms with van der Waals surface area (Å²) in [5, 5.41) is 3.59. The van der Waals surface area contributed by atoms with Gasteiger partial charge in [0, 0.05) is 11.8 Å². The lowest BCUT2D eigenvalue weighted by Gasteiger charge is -2.37. The fourth-order valence-electron chi connectivity index (χ4n) is 2.78. The fourth-order valence-corrected chi connectivity index (χ4v) is 3.97.